The van der Waals surface area contributed by atoms with Crippen LogP contribution in [0.1, 0.15) is 46.5 Å². The second-order valence-electron chi connectivity index (χ2n) is 4.36. The van der Waals surface area contributed by atoms with Gasteiger partial charge in [-0.3, -0.25) is 4.79 Å². The van der Waals surface area contributed by atoms with Crippen LogP contribution in [0.15, 0.2) is 0 Å². The van der Waals surface area contributed by atoms with Crippen molar-refractivity contribution in [1.82, 2.24) is 0 Å². The van der Waals surface area contributed by atoms with Crippen molar-refractivity contribution >= 4 is 45.1 Å². The Morgan fingerprint density at radius 2 is 1.88 bits per heavy atom. The molecule has 0 fully saturated rings. The van der Waals surface area contributed by atoms with Crippen LogP contribution < -0.4 is 0 Å². The smallest absolute Gasteiger partial charge is 0.185 e. The number of thiol groups is 1. The van der Waals surface area contributed by atoms with E-state index in [9.17, 15) is 9.59 Å². The van der Waals surface area contributed by atoms with E-state index in [4.69, 9.17) is 0 Å². The highest BCUT2D eigenvalue weighted by Crippen LogP contribution is 2.39. The molecule has 0 atom stereocenters. The first-order valence-corrected chi connectivity index (χ1v) is 8.12. The molecule has 0 N–H and O–H groups in total. The maximum atomic E-state index is 10.9. The SMILES string of the molecule is CC(=O)CCC(C)(C)SSCCCC(=O)S. The van der Waals surface area contributed by atoms with Gasteiger partial charge < -0.3 is 4.79 Å². The normalized spacial score (nSPS) is 11.5. The van der Waals surface area contributed by atoms with E-state index in [1.165, 1.54) is 0 Å². The van der Waals surface area contributed by atoms with E-state index in [1.807, 2.05) is 0 Å². The minimum absolute atomic E-state index is 0.0403. The first kappa shape index (κ1) is 16.4. The van der Waals surface area contributed by atoms with E-state index < -0.39 is 0 Å². The average Bonchev–Trinajstić information content (AvgIpc) is 2.14. The molecule has 0 unspecified atom stereocenters. The predicted octanol–water partition coefficient (Wildman–Crippen LogP) is 3.75. The van der Waals surface area contributed by atoms with E-state index in [-0.39, 0.29) is 15.6 Å². The van der Waals surface area contributed by atoms with E-state index >= 15 is 0 Å². The number of carbonyl (C=O) groups is 2. The van der Waals surface area contributed by atoms with Crippen LogP contribution in [0.4, 0.5) is 0 Å². The number of hydrogen-bond acceptors (Lipinski definition) is 4. The molecule has 0 aliphatic carbocycles. The lowest BCUT2D eigenvalue weighted by Gasteiger charge is -2.22. The summed E-state index contributed by atoms with van der Waals surface area (Å²) in [7, 11) is 3.57. The van der Waals surface area contributed by atoms with Crippen molar-refractivity contribution in [2.45, 2.75) is 51.2 Å². The molecule has 0 saturated heterocycles. The largest absolute Gasteiger partial charge is 0.300 e. The van der Waals surface area contributed by atoms with Crippen molar-refractivity contribution < 1.29 is 9.59 Å². The van der Waals surface area contributed by atoms with Gasteiger partial charge in [0.05, 0.1) is 0 Å². The third-order valence-electron chi connectivity index (χ3n) is 1.98. The zero-order chi connectivity index (χ0) is 12.6. The van der Waals surface area contributed by atoms with Gasteiger partial charge in [0.1, 0.15) is 5.78 Å². The lowest BCUT2D eigenvalue weighted by Crippen LogP contribution is -2.14. The van der Waals surface area contributed by atoms with Crippen LogP contribution in [-0.4, -0.2) is 21.4 Å². The summed E-state index contributed by atoms with van der Waals surface area (Å²) >= 11 is 3.72. The Balaban J connectivity index is 3.57. The Hall–Kier alpha value is 0.390. The summed E-state index contributed by atoms with van der Waals surface area (Å²) in [5, 5.41) is -0.0403. The summed E-state index contributed by atoms with van der Waals surface area (Å²) in [5.41, 5.74) is 0. The molecular formula is C11H20O2S3. The number of hydrogen-bond donors (Lipinski definition) is 1. The Kier molecular flexibility index (Phi) is 8.68. The zero-order valence-corrected chi connectivity index (χ0v) is 12.6. The molecule has 16 heavy (non-hydrogen) atoms. The summed E-state index contributed by atoms with van der Waals surface area (Å²) in [6, 6.07) is 0. The van der Waals surface area contributed by atoms with Gasteiger partial charge in [0.25, 0.3) is 0 Å². The van der Waals surface area contributed by atoms with Crippen molar-refractivity contribution in [2.75, 3.05) is 5.75 Å². The molecule has 0 aromatic heterocycles. The van der Waals surface area contributed by atoms with Crippen LogP contribution in [0.3, 0.4) is 0 Å². The molecule has 5 heteroatoms. The fourth-order valence-corrected chi connectivity index (χ4v) is 3.82. The Bertz CT molecular complexity index is 239. The molecular weight excluding hydrogens is 260 g/mol. The lowest BCUT2D eigenvalue weighted by atomic mass is 10.1. The quantitative estimate of drug-likeness (QED) is 0.396. The molecule has 0 saturated carbocycles. The third-order valence-corrected chi connectivity index (χ3v) is 5.64. The Morgan fingerprint density at radius 3 is 2.38 bits per heavy atom. The Labute approximate surface area is 112 Å². The summed E-state index contributed by atoms with van der Waals surface area (Å²) in [4.78, 5) is 21.5. The zero-order valence-electron chi connectivity index (χ0n) is 10.1. The van der Waals surface area contributed by atoms with Crippen LogP contribution >= 0.6 is 34.2 Å². The summed E-state index contributed by atoms with van der Waals surface area (Å²) in [5.74, 6) is 1.21. The van der Waals surface area contributed by atoms with Gasteiger partial charge in [0.15, 0.2) is 5.12 Å². The minimum Gasteiger partial charge on any atom is -0.300 e. The van der Waals surface area contributed by atoms with Gasteiger partial charge >= 0.3 is 0 Å². The molecule has 0 amide bonds. The molecule has 0 radical (unpaired) electrons. The van der Waals surface area contributed by atoms with Gasteiger partial charge in [-0.2, -0.15) is 0 Å². The molecule has 0 aromatic rings. The molecule has 0 spiro atoms. The first-order valence-electron chi connectivity index (χ1n) is 5.35. The minimum atomic E-state index is -0.0403. The molecule has 0 bridgehead atoms. The van der Waals surface area contributed by atoms with E-state index in [0.29, 0.717) is 12.8 Å². The summed E-state index contributed by atoms with van der Waals surface area (Å²) in [6.45, 7) is 5.93. The van der Waals surface area contributed by atoms with Crippen molar-refractivity contribution in [3.05, 3.63) is 0 Å². The molecule has 0 heterocycles. The second-order valence-corrected chi connectivity index (χ2v) is 7.99. The lowest BCUT2D eigenvalue weighted by molar-refractivity contribution is -0.117. The number of rotatable bonds is 9. The van der Waals surface area contributed by atoms with Crippen LogP contribution in [-0.2, 0) is 9.59 Å². The van der Waals surface area contributed by atoms with Gasteiger partial charge in [-0.1, -0.05) is 21.6 Å². The van der Waals surface area contributed by atoms with E-state index in [1.54, 1.807) is 28.5 Å². The van der Waals surface area contributed by atoms with Crippen molar-refractivity contribution in [1.29, 1.82) is 0 Å². The highest BCUT2D eigenvalue weighted by atomic mass is 33.1. The molecule has 0 rings (SSSR count). The molecule has 0 aliphatic rings. The van der Waals surface area contributed by atoms with Crippen molar-refractivity contribution in [3.8, 4) is 0 Å². The number of Topliss-reactive ketones (excluding diaryl/α,β-unsaturated/α-hetero) is 1. The van der Waals surface area contributed by atoms with E-state index in [0.717, 1.165) is 18.6 Å². The number of carbonyl (C=O) groups excluding carboxylic acids is 2. The Morgan fingerprint density at radius 1 is 1.25 bits per heavy atom. The van der Waals surface area contributed by atoms with Crippen LogP contribution in [0.2, 0.25) is 0 Å². The van der Waals surface area contributed by atoms with Gasteiger partial charge in [0.2, 0.25) is 0 Å². The third kappa shape index (κ3) is 10.9. The first-order chi connectivity index (χ1) is 7.33. The summed E-state index contributed by atoms with van der Waals surface area (Å²) < 4.78 is 0.126. The highest BCUT2D eigenvalue weighted by Gasteiger charge is 2.19. The summed E-state index contributed by atoms with van der Waals surface area (Å²) in [6.07, 6.45) is 2.98. The molecule has 2 nitrogen and oxygen atoms in total. The van der Waals surface area contributed by atoms with Crippen molar-refractivity contribution in [3.63, 3.8) is 0 Å². The predicted molar refractivity (Wildman–Crippen MR) is 77.3 cm³/mol. The van der Waals surface area contributed by atoms with Gasteiger partial charge in [0, 0.05) is 23.3 Å². The fraction of sp³-hybridized carbons (Fsp3) is 0.818. The molecule has 94 valence electrons. The molecule has 0 aliphatic heterocycles. The van der Waals surface area contributed by atoms with Gasteiger partial charge in [-0.05, 0) is 33.6 Å². The average molecular weight is 280 g/mol. The maximum Gasteiger partial charge on any atom is 0.185 e. The van der Waals surface area contributed by atoms with Crippen LogP contribution in [0, 0.1) is 0 Å². The maximum absolute atomic E-state index is 10.9. The van der Waals surface area contributed by atoms with Crippen LogP contribution in [0.5, 0.6) is 0 Å². The van der Waals surface area contributed by atoms with Gasteiger partial charge in [-0.25, -0.2) is 0 Å². The highest BCUT2D eigenvalue weighted by molar-refractivity contribution is 8.77. The topological polar surface area (TPSA) is 34.1 Å². The number of ketones is 1. The van der Waals surface area contributed by atoms with E-state index in [2.05, 4.69) is 26.5 Å². The monoisotopic (exact) mass is 280 g/mol. The van der Waals surface area contributed by atoms with Crippen LogP contribution in [0.25, 0.3) is 0 Å². The van der Waals surface area contributed by atoms with Gasteiger partial charge in [-0.15, -0.1) is 12.6 Å². The standard InChI is InChI=1S/C11H20O2S3/c1-9(12)6-7-11(2,3)16-15-8-4-5-10(13)14/h4-8H2,1-3H3,(H,13,14). The second kappa shape index (κ2) is 8.48. The molecule has 0 aromatic carbocycles. The fourth-order valence-electron chi connectivity index (χ4n) is 1.00. The van der Waals surface area contributed by atoms with Crippen molar-refractivity contribution in [2.24, 2.45) is 0 Å².